The van der Waals surface area contributed by atoms with Gasteiger partial charge in [-0.1, -0.05) is 0 Å². The summed E-state index contributed by atoms with van der Waals surface area (Å²) in [6.07, 6.45) is 4.75. The van der Waals surface area contributed by atoms with Crippen molar-refractivity contribution in [2.24, 2.45) is 0 Å². The molecule has 0 bridgehead atoms. The highest BCUT2D eigenvalue weighted by molar-refractivity contribution is 7.88. The van der Waals surface area contributed by atoms with Gasteiger partial charge in [-0.3, -0.25) is 4.79 Å². The number of nitrogens with zero attached hydrogens (tertiary/aromatic N) is 3. The molecule has 3 aromatic rings. The Bertz CT molecular complexity index is 1250. The molecule has 1 heterocycles. The van der Waals surface area contributed by atoms with Crippen molar-refractivity contribution in [1.82, 2.24) is 13.9 Å². The van der Waals surface area contributed by atoms with Crippen LogP contribution in [0.1, 0.15) is 32.1 Å². The molecular weight excluding hydrogens is 482 g/mol. The Labute approximate surface area is 213 Å². The van der Waals surface area contributed by atoms with Crippen LogP contribution in [-0.4, -0.2) is 68.9 Å². The second kappa shape index (κ2) is 12.7. The lowest BCUT2D eigenvalue weighted by Gasteiger charge is -2.15. The van der Waals surface area contributed by atoms with E-state index in [4.69, 9.17) is 14.5 Å². The van der Waals surface area contributed by atoms with Crippen molar-refractivity contribution in [3.8, 4) is 22.9 Å². The van der Waals surface area contributed by atoms with E-state index in [1.54, 1.807) is 14.2 Å². The van der Waals surface area contributed by atoms with Crippen molar-refractivity contribution in [3.63, 3.8) is 0 Å². The number of hydrogen-bond donors (Lipinski definition) is 0. The number of aromatic nitrogens is 2. The number of esters is 1. The highest BCUT2D eigenvalue weighted by Gasteiger charge is 2.16. The van der Waals surface area contributed by atoms with Crippen LogP contribution >= 0.6 is 0 Å². The van der Waals surface area contributed by atoms with Crippen LogP contribution in [0.15, 0.2) is 42.5 Å². The van der Waals surface area contributed by atoms with Gasteiger partial charge < -0.3 is 18.8 Å². The van der Waals surface area contributed by atoms with Crippen molar-refractivity contribution in [2.45, 2.75) is 38.6 Å². The van der Waals surface area contributed by atoms with Gasteiger partial charge in [0.1, 0.15) is 17.3 Å². The number of sulfonamides is 1. The molecule has 0 aliphatic rings. The van der Waals surface area contributed by atoms with Gasteiger partial charge in [0.2, 0.25) is 10.0 Å². The largest absolute Gasteiger partial charge is 0.497 e. The molecule has 0 atom stereocenters. The van der Waals surface area contributed by atoms with Crippen LogP contribution in [0.5, 0.6) is 11.5 Å². The Balaban J connectivity index is 1.78. The van der Waals surface area contributed by atoms with E-state index < -0.39 is 10.0 Å². The lowest BCUT2D eigenvalue weighted by atomic mass is 10.2. The summed E-state index contributed by atoms with van der Waals surface area (Å²) in [6.45, 7) is 1.54. The Morgan fingerprint density at radius 3 is 2.39 bits per heavy atom. The first-order chi connectivity index (χ1) is 17.2. The van der Waals surface area contributed by atoms with E-state index in [0.29, 0.717) is 32.5 Å². The van der Waals surface area contributed by atoms with E-state index in [1.165, 1.54) is 17.7 Å². The number of benzene rings is 2. The Kier molecular flexibility index (Phi) is 9.72. The smallest absolute Gasteiger partial charge is 0.305 e. The number of unbranched alkanes of at least 4 members (excludes halogenated alkanes) is 2. The van der Waals surface area contributed by atoms with Crippen molar-refractivity contribution in [1.29, 1.82) is 0 Å². The van der Waals surface area contributed by atoms with Crippen LogP contribution in [-0.2, 0) is 26.1 Å². The van der Waals surface area contributed by atoms with Gasteiger partial charge in [0, 0.05) is 38.2 Å². The normalized spacial score (nSPS) is 11.7. The molecule has 0 saturated heterocycles. The summed E-state index contributed by atoms with van der Waals surface area (Å²) in [4.78, 5) is 16.1. The summed E-state index contributed by atoms with van der Waals surface area (Å²) in [7, 11) is 1.38. The van der Waals surface area contributed by atoms with Crippen molar-refractivity contribution >= 4 is 27.0 Å². The number of carbonyl (C=O) groups is 1. The maximum Gasteiger partial charge on any atom is 0.305 e. The van der Waals surface area contributed by atoms with Gasteiger partial charge in [0.25, 0.3) is 0 Å². The molecule has 0 spiro atoms. The molecule has 0 aliphatic heterocycles. The third-order valence-electron chi connectivity index (χ3n) is 6.01. The number of carbonyl (C=O) groups excluding carboxylic acids is 1. The molecule has 2 aromatic carbocycles. The molecule has 36 heavy (non-hydrogen) atoms. The second-order valence-electron chi connectivity index (χ2n) is 8.64. The summed E-state index contributed by atoms with van der Waals surface area (Å²) in [5, 5.41) is 0. The molecule has 0 aliphatic carbocycles. The molecule has 1 aromatic heterocycles. The average Bonchev–Trinajstić information content (AvgIpc) is 3.23. The van der Waals surface area contributed by atoms with E-state index in [1.807, 2.05) is 42.5 Å². The standard InChI is InChI=1S/C26H35N3O6S/c1-28(36(4,31)32)16-8-17-29-24-19-22(35-18-7-5-6-9-25(30)34-3)14-15-23(24)27-26(29)20-10-12-21(33-2)13-11-20/h10-15,19H,5-9,16-18H2,1-4H3. The third kappa shape index (κ3) is 7.44. The van der Waals surface area contributed by atoms with Gasteiger partial charge in [-0.2, -0.15) is 0 Å². The van der Waals surface area contributed by atoms with Gasteiger partial charge in [0.15, 0.2) is 0 Å². The Morgan fingerprint density at radius 1 is 1.00 bits per heavy atom. The molecule has 0 unspecified atom stereocenters. The second-order valence-corrected chi connectivity index (χ2v) is 10.7. The molecular formula is C26H35N3O6S. The van der Waals surface area contributed by atoms with Gasteiger partial charge in [-0.15, -0.1) is 0 Å². The van der Waals surface area contributed by atoms with Gasteiger partial charge in [-0.05, 0) is 62.1 Å². The first-order valence-electron chi connectivity index (χ1n) is 12.0. The van der Waals surface area contributed by atoms with Crippen LogP contribution in [0.4, 0.5) is 0 Å². The average molecular weight is 518 g/mol. The molecule has 9 nitrogen and oxygen atoms in total. The van der Waals surface area contributed by atoms with Gasteiger partial charge >= 0.3 is 5.97 Å². The first kappa shape index (κ1) is 27.5. The first-order valence-corrected chi connectivity index (χ1v) is 13.8. The molecule has 0 amide bonds. The highest BCUT2D eigenvalue weighted by Crippen LogP contribution is 2.29. The summed E-state index contributed by atoms with van der Waals surface area (Å²) in [6, 6.07) is 13.5. The van der Waals surface area contributed by atoms with Crippen LogP contribution in [0, 0.1) is 0 Å². The molecule has 0 N–H and O–H groups in total. The minimum absolute atomic E-state index is 0.190. The van der Waals surface area contributed by atoms with E-state index in [2.05, 4.69) is 9.30 Å². The summed E-state index contributed by atoms with van der Waals surface area (Å²) in [5.41, 5.74) is 2.70. The monoisotopic (exact) mass is 517 g/mol. The maximum atomic E-state index is 11.8. The van der Waals surface area contributed by atoms with Crippen molar-refractivity contribution < 1.29 is 27.4 Å². The fraction of sp³-hybridized carbons (Fsp3) is 0.462. The van der Waals surface area contributed by atoms with Crippen LogP contribution in [0.2, 0.25) is 0 Å². The minimum atomic E-state index is -3.24. The number of aryl methyl sites for hydroxylation is 1. The topological polar surface area (TPSA) is 100.0 Å². The van der Waals surface area contributed by atoms with E-state index in [0.717, 1.165) is 53.2 Å². The number of methoxy groups -OCH3 is 2. The van der Waals surface area contributed by atoms with Gasteiger partial charge in [-0.25, -0.2) is 17.7 Å². The predicted octanol–water partition coefficient (Wildman–Crippen LogP) is 4.11. The van der Waals surface area contributed by atoms with Crippen LogP contribution in [0.3, 0.4) is 0 Å². The van der Waals surface area contributed by atoms with Crippen molar-refractivity contribution in [3.05, 3.63) is 42.5 Å². The highest BCUT2D eigenvalue weighted by atomic mass is 32.2. The quantitative estimate of drug-likeness (QED) is 0.234. The number of hydrogen-bond acceptors (Lipinski definition) is 7. The van der Waals surface area contributed by atoms with Gasteiger partial charge in [0.05, 0.1) is 38.1 Å². The lowest BCUT2D eigenvalue weighted by Crippen LogP contribution is -2.27. The Hall–Kier alpha value is -3.11. The number of imidazole rings is 1. The van der Waals surface area contributed by atoms with E-state index in [-0.39, 0.29) is 5.97 Å². The number of rotatable bonds is 14. The fourth-order valence-electron chi connectivity index (χ4n) is 3.84. The molecule has 0 radical (unpaired) electrons. The zero-order valence-corrected chi connectivity index (χ0v) is 22.2. The molecule has 196 valence electrons. The fourth-order valence-corrected chi connectivity index (χ4v) is 4.30. The summed E-state index contributed by atoms with van der Waals surface area (Å²) in [5.74, 6) is 2.12. The van der Waals surface area contributed by atoms with E-state index >= 15 is 0 Å². The minimum Gasteiger partial charge on any atom is -0.497 e. The third-order valence-corrected chi connectivity index (χ3v) is 7.33. The summed E-state index contributed by atoms with van der Waals surface area (Å²) >= 11 is 0. The predicted molar refractivity (Wildman–Crippen MR) is 140 cm³/mol. The number of fused-ring (bicyclic) bond motifs is 1. The van der Waals surface area contributed by atoms with Crippen LogP contribution < -0.4 is 9.47 Å². The zero-order valence-electron chi connectivity index (χ0n) is 21.4. The maximum absolute atomic E-state index is 11.8. The van der Waals surface area contributed by atoms with Crippen LogP contribution in [0.25, 0.3) is 22.4 Å². The Morgan fingerprint density at radius 2 is 1.72 bits per heavy atom. The van der Waals surface area contributed by atoms with Crippen molar-refractivity contribution in [2.75, 3.05) is 40.7 Å². The molecule has 0 saturated carbocycles. The number of ether oxygens (including phenoxy) is 3. The van der Waals surface area contributed by atoms with E-state index in [9.17, 15) is 13.2 Å². The SMILES string of the molecule is COC(=O)CCCCCOc1ccc2nc(-c3ccc(OC)cc3)n(CCCN(C)S(C)(=O)=O)c2c1. The molecule has 3 rings (SSSR count). The zero-order chi connectivity index (χ0) is 26.1. The molecule has 0 fully saturated rings. The molecule has 10 heteroatoms. The summed E-state index contributed by atoms with van der Waals surface area (Å²) < 4.78 is 43.0. The lowest BCUT2D eigenvalue weighted by molar-refractivity contribution is -0.140.